The monoisotopic (exact) mass is 828 g/mol. The van der Waals surface area contributed by atoms with Gasteiger partial charge in [-0.2, -0.15) is 34.2 Å². The molecule has 0 N–H and O–H groups in total. The topological polar surface area (TPSA) is 77.3 Å². The van der Waals surface area contributed by atoms with E-state index in [1.54, 1.807) is 0 Å². The largest absolute Gasteiger partial charge is 2.00 e. The van der Waals surface area contributed by atoms with Crippen molar-refractivity contribution in [2.24, 2.45) is 0 Å². The first-order valence-corrected chi connectivity index (χ1v) is 12.7. The van der Waals surface area contributed by atoms with Crippen LogP contribution in [0.15, 0.2) is 0 Å². The van der Waals surface area contributed by atoms with Gasteiger partial charge in [0.25, 0.3) is 0 Å². The maximum Gasteiger partial charge on any atom is 2.00 e. The predicted molar refractivity (Wildman–Crippen MR) is 161 cm³/mol. The molecule has 2 aromatic rings. The van der Waals surface area contributed by atoms with E-state index in [-0.39, 0.29) is 136 Å². The van der Waals surface area contributed by atoms with Crippen LogP contribution in [0, 0.1) is 20.8 Å². The Labute approximate surface area is 334 Å². The van der Waals surface area contributed by atoms with Crippen molar-refractivity contribution in [1.29, 1.82) is 0 Å². The van der Waals surface area contributed by atoms with Gasteiger partial charge in [-0.15, -0.1) is 0 Å². The summed E-state index contributed by atoms with van der Waals surface area (Å²) < 4.78 is 0. The van der Waals surface area contributed by atoms with Gasteiger partial charge in [-0.1, -0.05) is 41.5 Å². The van der Waals surface area contributed by atoms with Crippen molar-refractivity contribution in [3.8, 4) is 0 Å². The minimum atomic E-state index is 0. The third kappa shape index (κ3) is 47.8. The summed E-state index contributed by atoms with van der Waals surface area (Å²) in [5.74, 6) is 2.92. The standard InChI is InChI=1S/C12H21N3.C3Cl3N3.3C3H7.3BrH.3Mg/c1-4-7-10-13-11(8-5-2)15-12(14-10)9-6-3;4-1-7-2(5)9-3(6)8-1;3*1-3-2;;;;;;/h4-9H2,1-3H3;;3*1,3H2,2H3;3*1H;;;/q;;3*-1;;;;3*+2/p-3. The molecule has 0 aliphatic rings. The van der Waals surface area contributed by atoms with Gasteiger partial charge in [0.15, 0.2) is 0 Å². The van der Waals surface area contributed by atoms with E-state index in [9.17, 15) is 0 Å². The number of hydrogen-bond donors (Lipinski definition) is 0. The quantitative estimate of drug-likeness (QED) is 0.251. The van der Waals surface area contributed by atoms with Crippen LogP contribution in [-0.4, -0.2) is 99.1 Å². The van der Waals surface area contributed by atoms with Crippen molar-refractivity contribution in [2.45, 2.75) is 99.3 Å². The van der Waals surface area contributed by atoms with Gasteiger partial charge in [-0.05, 0) is 54.1 Å². The Bertz CT molecular complexity index is 602. The Hall–Kier alpha value is 2.63. The molecule has 6 nitrogen and oxygen atoms in total. The first kappa shape index (κ1) is 64.5. The second-order valence-electron chi connectivity index (χ2n) is 6.48. The molecule has 0 saturated heterocycles. The van der Waals surface area contributed by atoms with E-state index in [0.717, 1.165) is 75.3 Å². The van der Waals surface area contributed by atoms with Crippen molar-refractivity contribution < 1.29 is 50.9 Å². The molecule has 0 aliphatic carbocycles. The zero-order valence-corrected chi connectivity index (χ0v) is 35.8. The third-order valence-corrected chi connectivity index (χ3v) is 3.26. The van der Waals surface area contributed by atoms with Gasteiger partial charge in [0, 0.05) is 19.3 Å². The fraction of sp³-hybridized carbons (Fsp3) is 0.625. The van der Waals surface area contributed by atoms with Crippen LogP contribution in [0.25, 0.3) is 0 Å². The molecule has 0 spiro atoms. The summed E-state index contributed by atoms with van der Waals surface area (Å²) in [5.41, 5.74) is 0. The first-order valence-electron chi connectivity index (χ1n) is 11.6. The average Bonchev–Trinajstić information content (AvgIpc) is 2.70. The Morgan fingerprint density at radius 2 is 0.590 bits per heavy atom. The van der Waals surface area contributed by atoms with E-state index in [0.29, 0.717) is 0 Å². The molecule has 2 aromatic heterocycles. The molecule has 15 heteroatoms. The molecule has 216 valence electrons. The summed E-state index contributed by atoms with van der Waals surface area (Å²) in [6, 6.07) is 0. The zero-order valence-electron chi connectivity index (χ0n) is 24.6. The predicted octanol–water partition coefficient (Wildman–Crippen LogP) is -1.88. The van der Waals surface area contributed by atoms with Gasteiger partial charge < -0.3 is 71.7 Å². The van der Waals surface area contributed by atoms with E-state index < -0.39 is 0 Å². The summed E-state index contributed by atoms with van der Waals surface area (Å²) in [6.07, 6.45) is 9.20. The third-order valence-electron chi connectivity index (χ3n) is 2.75. The molecule has 0 fully saturated rings. The molecule has 0 aliphatic heterocycles. The summed E-state index contributed by atoms with van der Waals surface area (Å²) in [5, 5.41) is 0.00000000000000178. The van der Waals surface area contributed by atoms with Crippen LogP contribution in [0.3, 0.4) is 0 Å². The molecular formula is C24H42Br3Cl3Mg3N6. The van der Waals surface area contributed by atoms with Gasteiger partial charge in [0.2, 0.25) is 15.9 Å². The number of hydrogen-bond acceptors (Lipinski definition) is 6. The minimum absolute atomic E-state index is 0. The van der Waals surface area contributed by atoms with E-state index in [2.05, 4.69) is 71.4 Å². The average molecular weight is 834 g/mol. The van der Waals surface area contributed by atoms with Gasteiger partial charge in [0.1, 0.15) is 17.5 Å². The summed E-state index contributed by atoms with van der Waals surface area (Å²) in [6.45, 7) is 23.0. The normalized spacial score (nSPS) is 7.69. The molecule has 0 aromatic carbocycles. The Morgan fingerprint density at radius 1 is 0.436 bits per heavy atom. The SMILES string of the molecule is CCCc1nc(CCC)nc(CCC)n1.Clc1nc(Cl)nc(Cl)n1.[Br-].[Br-].[Br-].[CH2-]CC.[CH2-]CC.[CH2-]CC.[Mg+2].[Mg+2].[Mg+2]. The molecule has 0 unspecified atom stereocenters. The van der Waals surface area contributed by atoms with Gasteiger partial charge in [-0.3, -0.25) is 0 Å². The van der Waals surface area contributed by atoms with Crippen molar-refractivity contribution in [3.05, 3.63) is 54.1 Å². The fourth-order valence-electron chi connectivity index (χ4n) is 1.83. The summed E-state index contributed by atoms with van der Waals surface area (Å²) in [7, 11) is 0. The molecule has 0 amide bonds. The van der Waals surface area contributed by atoms with Crippen molar-refractivity contribution in [2.75, 3.05) is 0 Å². The molecule has 0 radical (unpaired) electrons. The summed E-state index contributed by atoms with van der Waals surface area (Å²) >= 11 is 16.0. The Balaban J connectivity index is -0.0000000468. The molecule has 2 heterocycles. The van der Waals surface area contributed by atoms with Crippen LogP contribution in [0.5, 0.6) is 0 Å². The second kappa shape index (κ2) is 50.3. The number of nitrogens with zero attached hydrogens (tertiary/aromatic N) is 6. The van der Waals surface area contributed by atoms with E-state index >= 15 is 0 Å². The van der Waals surface area contributed by atoms with Gasteiger partial charge in [-0.25, -0.2) is 15.0 Å². The van der Waals surface area contributed by atoms with Crippen LogP contribution >= 0.6 is 34.8 Å². The Morgan fingerprint density at radius 3 is 0.718 bits per heavy atom. The van der Waals surface area contributed by atoms with Gasteiger partial charge >= 0.3 is 69.2 Å². The molecule has 0 saturated carbocycles. The number of aromatic nitrogens is 6. The van der Waals surface area contributed by atoms with Crippen LogP contribution in [0.4, 0.5) is 0 Å². The zero-order chi connectivity index (χ0) is 26.1. The number of aryl methyl sites for hydroxylation is 3. The number of halogens is 6. The maximum absolute atomic E-state index is 5.32. The minimum Gasteiger partial charge on any atom is -1.00 e. The maximum atomic E-state index is 5.32. The van der Waals surface area contributed by atoms with Crippen LogP contribution in [-0.2, 0) is 19.3 Å². The first-order chi connectivity index (χ1) is 15.7. The fourth-order valence-corrected chi connectivity index (χ4v) is 2.44. The molecule has 0 bridgehead atoms. The van der Waals surface area contributed by atoms with Crippen molar-refractivity contribution >= 4 is 104 Å². The molecule has 39 heavy (non-hydrogen) atoms. The van der Waals surface area contributed by atoms with E-state index in [1.165, 1.54) is 0 Å². The second-order valence-corrected chi connectivity index (χ2v) is 7.49. The molecular weight excluding hydrogens is 791 g/mol. The smallest absolute Gasteiger partial charge is 1.00 e. The van der Waals surface area contributed by atoms with Crippen molar-refractivity contribution in [3.63, 3.8) is 0 Å². The summed E-state index contributed by atoms with van der Waals surface area (Å²) in [4.78, 5) is 23.8. The molecule has 2 rings (SSSR count). The van der Waals surface area contributed by atoms with Crippen molar-refractivity contribution in [1.82, 2.24) is 29.9 Å². The van der Waals surface area contributed by atoms with Gasteiger partial charge in [0.05, 0.1) is 0 Å². The molecule has 0 atom stereocenters. The van der Waals surface area contributed by atoms with Crippen LogP contribution in [0.2, 0.25) is 15.9 Å². The van der Waals surface area contributed by atoms with E-state index in [1.807, 2.05) is 20.8 Å². The van der Waals surface area contributed by atoms with Crippen LogP contribution < -0.4 is 50.9 Å². The number of rotatable bonds is 6. The van der Waals surface area contributed by atoms with Crippen LogP contribution in [0.1, 0.15) is 97.5 Å². The Kier molecular flexibility index (Phi) is 83.2. The van der Waals surface area contributed by atoms with E-state index in [4.69, 9.17) is 34.8 Å².